The van der Waals surface area contributed by atoms with Gasteiger partial charge in [-0.2, -0.15) is 0 Å². The molecule has 7 heteroatoms. The molecule has 132 valence electrons. The Morgan fingerprint density at radius 1 is 0.885 bits per heavy atom. The summed E-state index contributed by atoms with van der Waals surface area (Å²) in [5, 5.41) is 22.6. The van der Waals surface area contributed by atoms with Gasteiger partial charge in [0.15, 0.2) is 5.76 Å². The molecule has 0 fully saturated rings. The summed E-state index contributed by atoms with van der Waals surface area (Å²) in [5.41, 5.74) is 2.86. The summed E-state index contributed by atoms with van der Waals surface area (Å²) in [6, 6.07) is 14.7. The Hall–Kier alpha value is -3.03. The van der Waals surface area contributed by atoms with Crippen LogP contribution in [0.4, 0.5) is 0 Å². The molecule has 0 spiro atoms. The normalized spacial score (nSPS) is 10.9. The van der Waals surface area contributed by atoms with Crippen LogP contribution < -0.4 is 9.47 Å². The second-order valence-electron chi connectivity index (χ2n) is 5.50. The molecule has 26 heavy (non-hydrogen) atoms. The second-order valence-corrected chi connectivity index (χ2v) is 5.50. The van der Waals surface area contributed by atoms with E-state index in [-0.39, 0.29) is 0 Å². The van der Waals surface area contributed by atoms with E-state index in [0.29, 0.717) is 17.0 Å². The Labute approximate surface area is 151 Å². The van der Waals surface area contributed by atoms with Crippen molar-refractivity contribution in [3.63, 3.8) is 0 Å². The highest BCUT2D eigenvalue weighted by atomic mass is 16.5. The average molecular weight is 351 g/mol. The third-order valence-electron chi connectivity index (χ3n) is 3.88. The molecule has 1 aromatic heterocycles. The summed E-state index contributed by atoms with van der Waals surface area (Å²) in [5.74, 6) is 3.24. The zero-order valence-corrected chi connectivity index (χ0v) is 14.4. The number of hydrogen-bond donors (Lipinski definition) is 2. The molecule has 3 rings (SSSR count). The number of nitrogens with zero attached hydrogens (tertiary/aromatic N) is 1. The van der Waals surface area contributed by atoms with Gasteiger partial charge in [-0.25, -0.2) is 0 Å². The number of aromatic nitrogens is 1. The fraction of sp³-hybridized carbons (Fsp3) is 0.105. The zero-order chi connectivity index (χ0) is 18.5. The molecular formula is C19H18BNO5. The Kier molecular flexibility index (Phi) is 5.41. The maximum Gasteiger partial charge on any atom is 0.480 e. The van der Waals surface area contributed by atoms with Crippen LogP contribution in [0.3, 0.4) is 0 Å². The van der Waals surface area contributed by atoms with Gasteiger partial charge in [0.2, 0.25) is 0 Å². The van der Waals surface area contributed by atoms with Gasteiger partial charge < -0.3 is 24.0 Å². The fourth-order valence-electron chi connectivity index (χ4n) is 2.54. The number of benzene rings is 2. The first kappa shape index (κ1) is 17.8. The van der Waals surface area contributed by atoms with Crippen molar-refractivity contribution in [2.24, 2.45) is 0 Å². The van der Waals surface area contributed by atoms with Gasteiger partial charge in [0, 0.05) is 16.7 Å². The third-order valence-corrected chi connectivity index (χ3v) is 3.88. The Balaban J connectivity index is 2.07. The highest BCUT2D eigenvalue weighted by Crippen LogP contribution is 2.34. The van der Waals surface area contributed by atoms with Crippen LogP contribution in [0.1, 0.15) is 5.56 Å². The van der Waals surface area contributed by atoms with Gasteiger partial charge in [0.05, 0.1) is 14.2 Å². The Morgan fingerprint density at radius 2 is 1.42 bits per heavy atom. The number of rotatable bonds is 6. The van der Waals surface area contributed by atoms with E-state index in [1.165, 1.54) is 5.98 Å². The maximum absolute atomic E-state index is 9.20. The monoisotopic (exact) mass is 351 g/mol. The topological polar surface area (TPSA) is 85.0 Å². The molecule has 0 aliphatic heterocycles. The molecule has 3 aromatic rings. The minimum absolute atomic E-state index is 0.523. The minimum atomic E-state index is -1.57. The standard InChI is InChI=1S/C19H18BNO5/c1-24-15-7-3-13(4-8-15)18-17(11-12-20(22)23)19(26-21-18)14-5-9-16(25-2)10-6-14/h3-12,22-23H,1-2H3/b12-11+. The van der Waals surface area contributed by atoms with Crippen molar-refractivity contribution in [3.8, 4) is 34.1 Å². The van der Waals surface area contributed by atoms with Gasteiger partial charge in [-0.1, -0.05) is 17.2 Å². The maximum atomic E-state index is 9.20. The lowest BCUT2D eigenvalue weighted by atomic mass is 9.89. The van der Waals surface area contributed by atoms with Crippen molar-refractivity contribution >= 4 is 13.2 Å². The molecule has 0 saturated carbocycles. The average Bonchev–Trinajstić information content (AvgIpc) is 3.10. The number of hydrogen-bond acceptors (Lipinski definition) is 6. The molecule has 0 bridgehead atoms. The van der Waals surface area contributed by atoms with Gasteiger partial charge in [-0.15, -0.1) is 0 Å². The van der Waals surface area contributed by atoms with Crippen molar-refractivity contribution < 1.29 is 24.0 Å². The summed E-state index contributed by atoms with van der Waals surface area (Å²) < 4.78 is 15.9. The third kappa shape index (κ3) is 3.79. The van der Waals surface area contributed by atoms with E-state index < -0.39 is 7.12 Å². The molecule has 2 N–H and O–H groups in total. The van der Waals surface area contributed by atoms with Gasteiger partial charge in [0.1, 0.15) is 17.2 Å². The van der Waals surface area contributed by atoms with Crippen LogP contribution in [0.5, 0.6) is 11.5 Å². The van der Waals surface area contributed by atoms with Crippen molar-refractivity contribution in [1.82, 2.24) is 5.16 Å². The highest BCUT2D eigenvalue weighted by molar-refractivity contribution is 6.48. The molecule has 6 nitrogen and oxygen atoms in total. The molecule has 0 radical (unpaired) electrons. The van der Waals surface area contributed by atoms with Crippen molar-refractivity contribution in [3.05, 3.63) is 60.1 Å². The summed E-state index contributed by atoms with van der Waals surface area (Å²) in [6.45, 7) is 0. The molecule has 0 aliphatic carbocycles. The van der Waals surface area contributed by atoms with Crippen molar-refractivity contribution in [2.75, 3.05) is 14.2 Å². The molecule has 0 amide bonds. The minimum Gasteiger partial charge on any atom is -0.497 e. The number of ether oxygens (including phenoxy) is 2. The van der Waals surface area contributed by atoms with Gasteiger partial charge >= 0.3 is 7.12 Å². The van der Waals surface area contributed by atoms with E-state index in [2.05, 4.69) is 5.16 Å². The molecule has 0 saturated heterocycles. The summed E-state index contributed by atoms with van der Waals surface area (Å²) in [4.78, 5) is 0. The molecular weight excluding hydrogens is 333 g/mol. The van der Waals surface area contributed by atoms with Crippen LogP contribution in [0.25, 0.3) is 28.7 Å². The van der Waals surface area contributed by atoms with Crippen molar-refractivity contribution in [2.45, 2.75) is 0 Å². The smallest absolute Gasteiger partial charge is 0.480 e. The van der Waals surface area contributed by atoms with Crippen LogP contribution in [0, 0.1) is 0 Å². The van der Waals surface area contributed by atoms with E-state index >= 15 is 0 Å². The van der Waals surface area contributed by atoms with E-state index in [0.717, 1.165) is 22.6 Å². The molecule has 2 aromatic carbocycles. The molecule has 1 heterocycles. The lowest BCUT2D eigenvalue weighted by Crippen LogP contribution is -2.05. The van der Waals surface area contributed by atoms with E-state index in [1.54, 1.807) is 20.3 Å². The number of methoxy groups -OCH3 is 2. The largest absolute Gasteiger partial charge is 0.497 e. The highest BCUT2D eigenvalue weighted by Gasteiger charge is 2.18. The molecule has 0 unspecified atom stereocenters. The SMILES string of the molecule is COc1ccc(-c2noc(-c3ccc(OC)cc3)c2/C=C/B(O)O)cc1. The Bertz CT molecular complexity index is 820. The first-order valence-corrected chi connectivity index (χ1v) is 7.95. The lowest BCUT2D eigenvalue weighted by molar-refractivity contribution is 0.414. The van der Waals surface area contributed by atoms with Gasteiger partial charge in [-0.05, 0) is 48.5 Å². The summed E-state index contributed by atoms with van der Waals surface area (Å²) in [7, 11) is 1.63. The van der Waals surface area contributed by atoms with Crippen LogP contribution in [-0.4, -0.2) is 36.5 Å². The Morgan fingerprint density at radius 3 is 1.92 bits per heavy atom. The van der Waals surface area contributed by atoms with Gasteiger partial charge in [0.25, 0.3) is 0 Å². The molecule has 0 aliphatic rings. The van der Waals surface area contributed by atoms with Crippen LogP contribution in [0.15, 0.2) is 59.0 Å². The van der Waals surface area contributed by atoms with E-state index in [1.807, 2.05) is 48.5 Å². The van der Waals surface area contributed by atoms with Crippen LogP contribution >= 0.6 is 0 Å². The van der Waals surface area contributed by atoms with Crippen molar-refractivity contribution in [1.29, 1.82) is 0 Å². The fourth-order valence-corrected chi connectivity index (χ4v) is 2.54. The van der Waals surface area contributed by atoms with E-state index in [9.17, 15) is 10.0 Å². The van der Waals surface area contributed by atoms with Crippen LogP contribution in [-0.2, 0) is 0 Å². The quantitative estimate of drug-likeness (QED) is 0.664. The van der Waals surface area contributed by atoms with Gasteiger partial charge in [-0.3, -0.25) is 0 Å². The first-order valence-electron chi connectivity index (χ1n) is 7.95. The van der Waals surface area contributed by atoms with E-state index in [4.69, 9.17) is 14.0 Å². The summed E-state index contributed by atoms with van der Waals surface area (Å²) in [6.07, 6.45) is 1.58. The second kappa shape index (κ2) is 7.90. The lowest BCUT2D eigenvalue weighted by Gasteiger charge is -2.03. The summed E-state index contributed by atoms with van der Waals surface area (Å²) >= 11 is 0. The molecule has 0 atom stereocenters. The first-order chi connectivity index (χ1) is 12.6. The predicted molar refractivity (Wildman–Crippen MR) is 99.7 cm³/mol. The van der Waals surface area contributed by atoms with Crippen LogP contribution in [0.2, 0.25) is 0 Å². The zero-order valence-electron chi connectivity index (χ0n) is 14.4. The predicted octanol–water partition coefficient (Wildman–Crippen LogP) is 3.05.